The average Bonchev–Trinajstić information content (AvgIpc) is 3.00. The van der Waals surface area contributed by atoms with E-state index in [0.29, 0.717) is 11.8 Å². The summed E-state index contributed by atoms with van der Waals surface area (Å²) in [6, 6.07) is 9.71. The molecule has 1 amide bonds. The fourth-order valence-corrected chi connectivity index (χ4v) is 3.96. The number of thiophene rings is 1. The smallest absolute Gasteiger partial charge is 0.254 e. The zero-order valence-electron chi connectivity index (χ0n) is 13.5. The van der Waals surface area contributed by atoms with Gasteiger partial charge in [0.15, 0.2) is 0 Å². The minimum absolute atomic E-state index is 0.185. The van der Waals surface area contributed by atoms with Gasteiger partial charge in [0.05, 0.1) is 5.56 Å². The second-order valence-corrected chi connectivity index (χ2v) is 7.41. The van der Waals surface area contributed by atoms with Gasteiger partial charge in [0.2, 0.25) is 0 Å². The molecule has 1 aliphatic rings. The SMILES string of the molecule is Cc1cc(C(=O)N2CCCC[C@H]2CCc2ccc(O)cc2)cs1. The third-order valence-electron chi connectivity index (χ3n) is 4.57. The van der Waals surface area contributed by atoms with Crippen LogP contribution in [0.15, 0.2) is 35.7 Å². The van der Waals surface area contributed by atoms with E-state index in [-0.39, 0.29) is 5.91 Å². The number of hydrogen-bond donors (Lipinski definition) is 1. The van der Waals surface area contributed by atoms with Gasteiger partial charge in [0, 0.05) is 22.8 Å². The van der Waals surface area contributed by atoms with Gasteiger partial charge in [-0.3, -0.25) is 4.79 Å². The summed E-state index contributed by atoms with van der Waals surface area (Å²) in [5.74, 6) is 0.487. The van der Waals surface area contributed by atoms with Gasteiger partial charge in [0.25, 0.3) is 5.91 Å². The number of aromatic hydroxyl groups is 1. The molecule has 1 aromatic heterocycles. The Morgan fingerprint density at radius 1 is 1.30 bits per heavy atom. The van der Waals surface area contributed by atoms with Crippen LogP contribution in [0, 0.1) is 6.92 Å². The van der Waals surface area contributed by atoms with Crippen molar-refractivity contribution in [3.8, 4) is 5.75 Å². The molecule has 0 saturated carbocycles. The van der Waals surface area contributed by atoms with E-state index in [0.717, 1.165) is 37.8 Å². The second kappa shape index (κ2) is 7.18. The minimum atomic E-state index is 0.185. The molecular weight excluding hydrogens is 306 g/mol. The summed E-state index contributed by atoms with van der Waals surface area (Å²) in [4.78, 5) is 16.0. The molecule has 122 valence electrons. The molecule has 1 aliphatic heterocycles. The highest BCUT2D eigenvalue weighted by molar-refractivity contribution is 7.10. The fraction of sp³-hybridized carbons (Fsp3) is 0.421. The molecule has 0 bridgehead atoms. The number of benzene rings is 1. The Morgan fingerprint density at radius 3 is 2.78 bits per heavy atom. The van der Waals surface area contributed by atoms with Crippen molar-refractivity contribution in [2.24, 2.45) is 0 Å². The zero-order chi connectivity index (χ0) is 16.2. The van der Waals surface area contributed by atoms with Crippen molar-refractivity contribution >= 4 is 17.2 Å². The largest absolute Gasteiger partial charge is 0.508 e. The van der Waals surface area contributed by atoms with Gasteiger partial charge >= 0.3 is 0 Å². The maximum atomic E-state index is 12.8. The molecule has 1 atom stereocenters. The Morgan fingerprint density at radius 2 is 2.09 bits per heavy atom. The van der Waals surface area contributed by atoms with Crippen molar-refractivity contribution in [2.45, 2.75) is 45.1 Å². The summed E-state index contributed by atoms with van der Waals surface area (Å²) in [5.41, 5.74) is 2.05. The summed E-state index contributed by atoms with van der Waals surface area (Å²) in [6.07, 6.45) is 5.32. The van der Waals surface area contributed by atoms with Crippen LogP contribution in [0.25, 0.3) is 0 Å². The topological polar surface area (TPSA) is 40.5 Å². The van der Waals surface area contributed by atoms with Crippen LogP contribution in [0.3, 0.4) is 0 Å². The predicted molar refractivity (Wildman–Crippen MR) is 94.2 cm³/mol. The molecule has 1 aromatic carbocycles. The van der Waals surface area contributed by atoms with Crippen LogP contribution in [0.4, 0.5) is 0 Å². The van der Waals surface area contributed by atoms with Crippen molar-refractivity contribution < 1.29 is 9.90 Å². The molecule has 2 aromatic rings. The zero-order valence-corrected chi connectivity index (χ0v) is 14.3. The number of rotatable bonds is 4. The van der Waals surface area contributed by atoms with Gasteiger partial charge in [-0.05, 0) is 62.8 Å². The second-order valence-electron chi connectivity index (χ2n) is 6.30. The first-order valence-corrected chi connectivity index (χ1v) is 9.15. The molecule has 4 heteroatoms. The van der Waals surface area contributed by atoms with Crippen LogP contribution in [0.1, 0.15) is 46.5 Å². The lowest BCUT2D eigenvalue weighted by molar-refractivity contribution is 0.0602. The van der Waals surface area contributed by atoms with Gasteiger partial charge in [-0.15, -0.1) is 11.3 Å². The number of phenolic OH excluding ortho intramolecular Hbond substituents is 1. The molecule has 3 nitrogen and oxygen atoms in total. The van der Waals surface area contributed by atoms with Gasteiger partial charge in [-0.1, -0.05) is 12.1 Å². The van der Waals surface area contributed by atoms with Crippen LogP contribution in [0.5, 0.6) is 5.75 Å². The van der Waals surface area contributed by atoms with Crippen LogP contribution in [-0.4, -0.2) is 28.5 Å². The average molecular weight is 329 g/mol. The van der Waals surface area contributed by atoms with Gasteiger partial charge in [0.1, 0.15) is 5.75 Å². The summed E-state index contributed by atoms with van der Waals surface area (Å²) >= 11 is 1.64. The minimum Gasteiger partial charge on any atom is -0.508 e. The molecule has 1 N–H and O–H groups in total. The van der Waals surface area contributed by atoms with E-state index in [1.54, 1.807) is 23.5 Å². The Kier molecular flexibility index (Phi) is 5.01. The number of piperidine rings is 1. The summed E-state index contributed by atoms with van der Waals surface area (Å²) < 4.78 is 0. The maximum absolute atomic E-state index is 12.8. The number of likely N-dealkylation sites (tertiary alicyclic amines) is 1. The Hall–Kier alpha value is -1.81. The highest BCUT2D eigenvalue weighted by Crippen LogP contribution is 2.25. The van der Waals surface area contributed by atoms with Gasteiger partial charge in [-0.2, -0.15) is 0 Å². The van der Waals surface area contributed by atoms with Gasteiger partial charge < -0.3 is 10.0 Å². The molecule has 1 fully saturated rings. The summed E-state index contributed by atoms with van der Waals surface area (Å²) in [5, 5.41) is 11.3. The Bertz CT molecular complexity index is 662. The van der Waals surface area contributed by atoms with Crippen molar-refractivity contribution in [1.82, 2.24) is 4.90 Å². The van der Waals surface area contributed by atoms with Crippen LogP contribution >= 0.6 is 11.3 Å². The van der Waals surface area contributed by atoms with Crippen molar-refractivity contribution in [3.63, 3.8) is 0 Å². The van der Waals surface area contributed by atoms with Crippen molar-refractivity contribution in [3.05, 3.63) is 51.7 Å². The lowest BCUT2D eigenvalue weighted by atomic mass is 9.95. The number of carbonyl (C=O) groups excluding carboxylic acids is 1. The van der Waals surface area contributed by atoms with E-state index in [2.05, 4.69) is 4.90 Å². The Labute approximate surface area is 141 Å². The quantitative estimate of drug-likeness (QED) is 0.904. The third kappa shape index (κ3) is 3.94. The number of carbonyl (C=O) groups is 1. The molecule has 0 unspecified atom stereocenters. The lowest BCUT2D eigenvalue weighted by Crippen LogP contribution is -2.43. The maximum Gasteiger partial charge on any atom is 0.254 e. The van der Waals surface area contributed by atoms with E-state index in [4.69, 9.17) is 0 Å². The van der Waals surface area contributed by atoms with E-state index in [1.165, 1.54) is 16.9 Å². The van der Waals surface area contributed by atoms with Gasteiger partial charge in [-0.25, -0.2) is 0 Å². The predicted octanol–water partition coefficient (Wildman–Crippen LogP) is 4.39. The first-order chi connectivity index (χ1) is 11.1. The number of nitrogens with zero attached hydrogens (tertiary/aromatic N) is 1. The highest BCUT2D eigenvalue weighted by Gasteiger charge is 2.27. The van der Waals surface area contributed by atoms with E-state index < -0.39 is 0 Å². The monoisotopic (exact) mass is 329 g/mol. The highest BCUT2D eigenvalue weighted by atomic mass is 32.1. The molecule has 0 spiro atoms. The van der Waals surface area contributed by atoms with Crippen LogP contribution in [-0.2, 0) is 6.42 Å². The molecule has 2 heterocycles. The number of amides is 1. The number of aryl methyl sites for hydroxylation is 2. The summed E-state index contributed by atoms with van der Waals surface area (Å²) in [7, 11) is 0. The van der Waals surface area contributed by atoms with E-state index >= 15 is 0 Å². The fourth-order valence-electron chi connectivity index (χ4n) is 3.29. The normalized spacial score (nSPS) is 18.1. The molecule has 0 aliphatic carbocycles. The molecular formula is C19H23NO2S. The molecule has 3 rings (SSSR count). The standard InChI is InChI=1S/C19H23NO2S/c1-14-12-16(13-23-14)19(22)20-11-3-2-4-17(20)8-5-15-6-9-18(21)10-7-15/h6-7,9-10,12-13,17,21H,2-5,8,11H2,1H3/t17-/m0/s1. The molecule has 23 heavy (non-hydrogen) atoms. The molecule has 1 saturated heterocycles. The van der Waals surface area contributed by atoms with Crippen LogP contribution in [0.2, 0.25) is 0 Å². The number of hydrogen-bond acceptors (Lipinski definition) is 3. The summed E-state index contributed by atoms with van der Waals surface area (Å²) in [6.45, 7) is 2.91. The first-order valence-electron chi connectivity index (χ1n) is 8.27. The van der Waals surface area contributed by atoms with Crippen molar-refractivity contribution in [1.29, 1.82) is 0 Å². The third-order valence-corrected chi connectivity index (χ3v) is 5.43. The van der Waals surface area contributed by atoms with E-state index in [1.807, 2.05) is 30.5 Å². The van der Waals surface area contributed by atoms with E-state index in [9.17, 15) is 9.90 Å². The first kappa shape index (κ1) is 16.1. The Balaban J connectivity index is 1.66. The number of phenols is 1. The van der Waals surface area contributed by atoms with Crippen LogP contribution < -0.4 is 0 Å². The lowest BCUT2D eigenvalue weighted by Gasteiger charge is -2.36. The molecule has 0 radical (unpaired) electrons. The van der Waals surface area contributed by atoms with Crippen molar-refractivity contribution in [2.75, 3.05) is 6.54 Å².